The molecule has 0 aliphatic carbocycles. The Balaban J connectivity index is 1.44. The Labute approximate surface area is 247 Å². The number of likely N-dealkylation sites (tertiary alicyclic amines) is 1. The summed E-state index contributed by atoms with van der Waals surface area (Å²) in [5, 5.41) is 15.3. The van der Waals surface area contributed by atoms with E-state index < -0.39 is 17.7 Å². The molecular weight excluding hydrogens is 534 g/mol. The first-order chi connectivity index (χ1) is 19.9. The van der Waals surface area contributed by atoms with Crippen LogP contribution in [-0.4, -0.2) is 62.7 Å². The molecule has 0 spiro atoms. The molecule has 1 aromatic heterocycles. The van der Waals surface area contributed by atoms with Crippen LogP contribution in [-0.2, 0) is 11.2 Å². The van der Waals surface area contributed by atoms with E-state index in [1.807, 2.05) is 54.9 Å². The molecule has 2 aliphatic heterocycles. The van der Waals surface area contributed by atoms with Gasteiger partial charge < -0.3 is 30.1 Å². The van der Waals surface area contributed by atoms with Gasteiger partial charge in [-0.2, -0.15) is 5.10 Å². The lowest BCUT2D eigenvalue weighted by atomic mass is 9.92. The quantitative estimate of drug-likeness (QED) is 0.398. The number of amides is 2. The van der Waals surface area contributed by atoms with Crippen molar-refractivity contribution in [2.75, 3.05) is 18.0 Å². The van der Waals surface area contributed by atoms with E-state index in [0.29, 0.717) is 30.2 Å². The number of nitrogens with zero attached hydrogens (tertiary/aromatic N) is 4. The average Bonchev–Trinajstić information content (AvgIpc) is 3.42. The maximum absolute atomic E-state index is 12.5. The Morgan fingerprint density at radius 1 is 1.07 bits per heavy atom. The average molecular weight is 576 g/mol. The molecule has 2 aromatic carbocycles. The Morgan fingerprint density at radius 3 is 2.38 bits per heavy atom. The first kappa shape index (κ1) is 29.4. The van der Waals surface area contributed by atoms with Crippen LogP contribution < -0.4 is 15.4 Å². The van der Waals surface area contributed by atoms with Gasteiger partial charge in [0.2, 0.25) is 5.91 Å². The lowest BCUT2D eigenvalue weighted by molar-refractivity contribution is 0.0184. The highest BCUT2D eigenvalue weighted by molar-refractivity contribution is 5.92. The van der Waals surface area contributed by atoms with Gasteiger partial charge in [0.25, 0.3) is 0 Å². The van der Waals surface area contributed by atoms with Crippen molar-refractivity contribution in [1.29, 1.82) is 0 Å². The van der Waals surface area contributed by atoms with Crippen molar-refractivity contribution in [1.82, 2.24) is 14.7 Å². The Hall–Kier alpha value is -4.05. The van der Waals surface area contributed by atoms with Crippen LogP contribution in [0.2, 0.25) is 0 Å². The second-order valence-corrected chi connectivity index (χ2v) is 12.3. The van der Waals surface area contributed by atoms with Crippen molar-refractivity contribution in [3.8, 4) is 22.6 Å². The maximum Gasteiger partial charge on any atom is 0.410 e. The van der Waals surface area contributed by atoms with Crippen LogP contribution >= 0.6 is 0 Å². The molecule has 10 heteroatoms. The summed E-state index contributed by atoms with van der Waals surface area (Å²) in [5.41, 5.74) is 9.09. The Bertz CT molecular complexity index is 1430. The molecule has 3 aromatic rings. The zero-order valence-electron chi connectivity index (χ0n) is 25.0. The third kappa shape index (κ3) is 6.23. The highest BCUT2D eigenvalue weighted by atomic mass is 16.6. The number of hydrogen-bond acceptors (Lipinski definition) is 7. The number of carbonyl (C=O) groups excluding carboxylic acids is 2. The number of piperidine rings is 1. The van der Waals surface area contributed by atoms with Crippen molar-refractivity contribution in [2.24, 2.45) is 5.73 Å². The van der Waals surface area contributed by atoms with Crippen LogP contribution in [0.25, 0.3) is 11.1 Å². The van der Waals surface area contributed by atoms with Crippen molar-refractivity contribution < 1.29 is 24.2 Å². The molecular formula is C32H41N5O5. The molecule has 0 bridgehead atoms. The summed E-state index contributed by atoms with van der Waals surface area (Å²) in [6.07, 6.45) is 6.18. The van der Waals surface area contributed by atoms with Crippen molar-refractivity contribution in [3.05, 3.63) is 59.9 Å². The third-order valence-corrected chi connectivity index (χ3v) is 7.97. The topological polar surface area (TPSA) is 123 Å². The van der Waals surface area contributed by atoms with Crippen molar-refractivity contribution in [3.63, 3.8) is 0 Å². The largest absolute Gasteiger partial charge is 0.456 e. The molecule has 2 aliphatic rings. The molecule has 1 unspecified atom stereocenters. The Kier molecular flexibility index (Phi) is 8.19. The summed E-state index contributed by atoms with van der Waals surface area (Å²) >= 11 is 0. The van der Waals surface area contributed by atoms with Gasteiger partial charge in [-0.05, 0) is 96.7 Å². The van der Waals surface area contributed by atoms with E-state index >= 15 is 0 Å². The molecule has 3 heterocycles. The van der Waals surface area contributed by atoms with E-state index in [1.54, 1.807) is 36.1 Å². The molecule has 0 saturated carbocycles. The predicted octanol–water partition coefficient (Wildman–Crippen LogP) is 5.49. The van der Waals surface area contributed by atoms with E-state index in [1.165, 1.54) is 0 Å². The lowest BCUT2D eigenvalue weighted by Gasteiger charge is -2.40. The second kappa shape index (κ2) is 11.7. The van der Waals surface area contributed by atoms with Crippen LogP contribution in [0.1, 0.15) is 75.8 Å². The molecule has 1 fully saturated rings. The van der Waals surface area contributed by atoms with Crippen LogP contribution in [0.4, 0.5) is 10.5 Å². The summed E-state index contributed by atoms with van der Waals surface area (Å²) in [4.78, 5) is 27.9. The van der Waals surface area contributed by atoms with Gasteiger partial charge >= 0.3 is 6.09 Å². The molecule has 0 radical (unpaired) electrons. The zero-order chi connectivity index (χ0) is 30.2. The van der Waals surface area contributed by atoms with E-state index in [-0.39, 0.29) is 18.2 Å². The normalized spacial score (nSPS) is 18.4. The predicted molar refractivity (Wildman–Crippen MR) is 161 cm³/mol. The van der Waals surface area contributed by atoms with Crippen LogP contribution in [0.3, 0.4) is 0 Å². The molecule has 1 saturated heterocycles. The highest BCUT2D eigenvalue weighted by Crippen LogP contribution is 2.45. The summed E-state index contributed by atoms with van der Waals surface area (Å²) in [6.45, 7) is 10.7. The van der Waals surface area contributed by atoms with Gasteiger partial charge in [-0.15, -0.1) is 0 Å². The minimum Gasteiger partial charge on any atom is -0.456 e. The van der Waals surface area contributed by atoms with Gasteiger partial charge in [0.1, 0.15) is 23.3 Å². The number of rotatable bonds is 6. The van der Waals surface area contributed by atoms with E-state index in [9.17, 15) is 14.7 Å². The summed E-state index contributed by atoms with van der Waals surface area (Å²) in [6, 6.07) is 11.2. The van der Waals surface area contributed by atoms with Crippen LogP contribution in [0.5, 0.6) is 11.5 Å². The Morgan fingerprint density at radius 2 is 1.76 bits per heavy atom. The van der Waals surface area contributed by atoms with Gasteiger partial charge in [0.05, 0.1) is 12.2 Å². The highest BCUT2D eigenvalue weighted by Gasteiger charge is 2.31. The van der Waals surface area contributed by atoms with Crippen LogP contribution in [0, 0.1) is 0 Å². The van der Waals surface area contributed by atoms with Gasteiger partial charge in [0, 0.05) is 53.3 Å². The number of primary amides is 1. The number of hydrogen-bond donors (Lipinski definition) is 2. The number of aromatic nitrogens is 2. The standard InChI is InChI=1S/C32H41N5O5/c1-20-6-11-27-28(37(20)21(2)38)13-12-26(29(27)41-25-9-7-22(8-10-25)30(33)39)23-18-34-36(19-23)24-14-16-35(17-15-24)31(40)42-32(3,4)5/h7-10,12-13,18-21,24,38H,6,11,14-17H2,1-5H3,(H2,33,39)/t20-,21?/m0/s1. The first-order valence-electron chi connectivity index (χ1n) is 14.6. The molecule has 2 atom stereocenters. The fraction of sp³-hybridized carbons (Fsp3) is 0.469. The summed E-state index contributed by atoms with van der Waals surface area (Å²) in [7, 11) is 0. The number of nitrogens with two attached hydrogens (primary N) is 1. The van der Waals surface area contributed by atoms with E-state index in [2.05, 4.69) is 6.92 Å². The fourth-order valence-corrected chi connectivity index (χ4v) is 5.87. The molecule has 42 heavy (non-hydrogen) atoms. The molecule has 10 nitrogen and oxygen atoms in total. The second-order valence-electron chi connectivity index (χ2n) is 12.3. The minimum absolute atomic E-state index is 0.160. The number of aliphatic hydroxyl groups is 1. The maximum atomic E-state index is 12.5. The number of ether oxygens (including phenoxy) is 2. The lowest BCUT2D eigenvalue weighted by Crippen LogP contribution is -2.43. The smallest absolute Gasteiger partial charge is 0.410 e. The number of benzene rings is 2. The van der Waals surface area contributed by atoms with Crippen molar-refractivity contribution >= 4 is 17.7 Å². The SMILES string of the molecule is CC(O)N1c2ccc(-c3cnn(C4CCN(C(=O)OC(C)(C)C)CC4)c3)c(Oc3ccc(C(N)=O)cc3)c2CC[C@@H]1C. The van der Waals surface area contributed by atoms with Gasteiger partial charge in [0.15, 0.2) is 0 Å². The molecule has 5 rings (SSSR count). The third-order valence-electron chi connectivity index (χ3n) is 7.97. The zero-order valence-corrected chi connectivity index (χ0v) is 25.0. The number of anilines is 1. The van der Waals surface area contributed by atoms with Gasteiger partial charge in [-0.1, -0.05) is 0 Å². The fourth-order valence-electron chi connectivity index (χ4n) is 5.87. The van der Waals surface area contributed by atoms with Crippen molar-refractivity contribution in [2.45, 2.75) is 84.2 Å². The van der Waals surface area contributed by atoms with E-state index in [0.717, 1.165) is 48.1 Å². The monoisotopic (exact) mass is 575 g/mol. The number of aliphatic hydroxyl groups excluding tert-OH is 1. The number of carbonyl (C=O) groups is 2. The molecule has 2 amide bonds. The minimum atomic E-state index is -0.651. The van der Waals surface area contributed by atoms with Gasteiger partial charge in [-0.3, -0.25) is 9.48 Å². The summed E-state index contributed by atoms with van der Waals surface area (Å²) < 4.78 is 14.1. The van der Waals surface area contributed by atoms with Crippen LogP contribution in [0.15, 0.2) is 48.8 Å². The van der Waals surface area contributed by atoms with E-state index in [4.69, 9.17) is 20.3 Å². The number of fused-ring (bicyclic) bond motifs is 1. The first-order valence-corrected chi connectivity index (χ1v) is 14.6. The molecule has 224 valence electrons. The summed E-state index contributed by atoms with van der Waals surface area (Å²) in [5.74, 6) is 0.792. The van der Waals surface area contributed by atoms with Gasteiger partial charge in [-0.25, -0.2) is 4.79 Å². The molecule has 3 N–H and O–H groups in total.